The summed E-state index contributed by atoms with van der Waals surface area (Å²) < 4.78 is 40.7. The van der Waals surface area contributed by atoms with E-state index in [1.165, 1.54) is 12.1 Å². The zero-order chi connectivity index (χ0) is 15.1. The Morgan fingerprint density at radius 1 is 1.00 bits per heavy atom. The van der Waals surface area contributed by atoms with Crippen molar-refractivity contribution in [3.05, 3.63) is 65.5 Å². The van der Waals surface area contributed by atoms with Crippen molar-refractivity contribution in [2.24, 2.45) is 0 Å². The van der Waals surface area contributed by atoms with E-state index >= 15 is 0 Å². The molecule has 110 valence electrons. The molecule has 0 amide bonds. The van der Waals surface area contributed by atoms with E-state index in [1.807, 2.05) is 6.92 Å². The van der Waals surface area contributed by atoms with E-state index in [-0.39, 0.29) is 10.7 Å². The van der Waals surface area contributed by atoms with Crippen LogP contribution in [0, 0.1) is 12.7 Å². The predicted molar refractivity (Wildman–Crippen MR) is 78.8 cm³/mol. The van der Waals surface area contributed by atoms with Gasteiger partial charge in [0.2, 0.25) is 10.0 Å². The smallest absolute Gasteiger partial charge is 0.207 e. The number of hydrogen-bond acceptors (Lipinski definition) is 2. The lowest BCUT2D eigenvalue weighted by Crippen LogP contribution is -2.34. The molecule has 0 radical (unpaired) electrons. The molecule has 0 heterocycles. The molecule has 3 rings (SSSR count). The van der Waals surface area contributed by atoms with Gasteiger partial charge in [0.1, 0.15) is 5.82 Å². The van der Waals surface area contributed by atoms with Crippen LogP contribution in [0.5, 0.6) is 0 Å². The van der Waals surface area contributed by atoms with Gasteiger partial charge < -0.3 is 0 Å². The normalized spacial score (nSPS) is 16.7. The molecule has 3 nitrogen and oxygen atoms in total. The molecule has 5 heteroatoms. The first kappa shape index (κ1) is 14.2. The second kappa shape index (κ2) is 4.93. The van der Waals surface area contributed by atoms with Crippen LogP contribution in [0.25, 0.3) is 0 Å². The molecule has 2 aromatic rings. The molecule has 0 bridgehead atoms. The minimum atomic E-state index is -3.57. The Morgan fingerprint density at radius 3 is 2.10 bits per heavy atom. The Labute approximate surface area is 123 Å². The maximum Gasteiger partial charge on any atom is 0.241 e. The predicted octanol–water partition coefficient (Wildman–Crippen LogP) is 3.10. The van der Waals surface area contributed by atoms with Crippen LogP contribution in [0.2, 0.25) is 0 Å². The van der Waals surface area contributed by atoms with Gasteiger partial charge in [0.25, 0.3) is 0 Å². The second-order valence-corrected chi connectivity index (χ2v) is 7.19. The summed E-state index contributed by atoms with van der Waals surface area (Å²) in [5.41, 5.74) is 1.23. The molecule has 1 aliphatic rings. The standard InChI is InChI=1S/C16H16FNO2S/c1-12-2-8-15(9-3-12)21(19,20)18-16(10-11-16)13-4-6-14(17)7-5-13/h2-9,18H,10-11H2,1H3. The van der Waals surface area contributed by atoms with Gasteiger partial charge in [0, 0.05) is 0 Å². The Morgan fingerprint density at radius 2 is 1.57 bits per heavy atom. The van der Waals surface area contributed by atoms with Crippen molar-refractivity contribution >= 4 is 10.0 Å². The molecule has 0 unspecified atom stereocenters. The molecular weight excluding hydrogens is 289 g/mol. The molecule has 2 aromatic carbocycles. The number of rotatable bonds is 4. The quantitative estimate of drug-likeness (QED) is 0.943. The van der Waals surface area contributed by atoms with Gasteiger partial charge in [-0.3, -0.25) is 0 Å². The van der Waals surface area contributed by atoms with Gasteiger partial charge in [-0.05, 0) is 49.6 Å². The van der Waals surface area contributed by atoms with E-state index in [9.17, 15) is 12.8 Å². The highest BCUT2D eigenvalue weighted by Crippen LogP contribution is 2.46. The third-order valence-corrected chi connectivity index (χ3v) is 5.36. The largest absolute Gasteiger partial charge is 0.241 e. The lowest BCUT2D eigenvalue weighted by Gasteiger charge is -2.18. The van der Waals surface area contributed by atoms with Crippen LogP contribution in [-0.2, 0) is 15.6 Å². The van der Waals surface area contributed by atoms with E-state index < -0.39 is 15.6 Å². The van der Waals surface area contributed by atoms with Crippen LogP contribution in [0.3, 0.4) is 0 Å². The van der Waals surface area contributed by atoms with Crippen LogP contribution in [0.1, 0.15) is 24.0 Å². The van der Waals surface area contributed by atoms with E-state index in [1.54, 1.807) is 36.4 Å². The molecule has 0 aliphatic heterocycles. The van der Waals surface area contributed by atoms with Crippen LogP contribution in [0.4, 0.5) is 4.39 Å². The molecule has 0 spiro atoms. The van der Waals surface area contributed by atoms with Gasteiger partial charge in [0.15, 0.2) is 0 Å². The fraction of sp³-hybridized carbons (Fsp3) is 0.250. The highest BCUT2D eigenvalue weighted by Gasteiger charge is 2.47. The van der Waals surface area contributed by atoms with E-state index in [0.717, 1.165) is 24.0 Å². The summed E-state index contributed by atoms with van der Waals surface area (Å²) in [5, 5.41) is 0. The molecule has 1 N–H and O–H groups in total. The average Bonchev–Trinajstić information content (AvgIpc) is 3.20. The summed E-state index contributed by atoms with van der Waals surface area (Å²) in [4.78, 5) is 0.251. The fourth-order valence-corrected chi connectivity index (χ4v) is 3.83. The van der Waals surface area contributed by atoms with E-state index in [4.69, 9.17) is 0 Å². The van der Waals surface area contributed by atoms with Gasteiger partial charge in [-0.1, -0.05) is 29.8 Å². The first-order valence-electron chi connectivity index (χ1n) is 6.78. The van der Waals surface area contributed by atoms with Gasteiger partial charge >= 0.3 is 0 Å². The number of benzene rings is 2. The number of sulfonamides is 1. The molecule has 0 saturated heterocycles. The lowest BCUT2D eigenvalue weighted by atomic mass is 10.1. The highest BCUT2D eigenvalue weighted by molar-refractivity contribution is 7.89. The van der Waals surface area contributed by atoms with Crippen LogP contribution in [0.15, 0.2) is 53.4 Å². The first-order chi connectivity index (χ1) is 9.91. The molecule has 21 heavy (non-hydrogen) atoms. The summed E-state index contributed by atoms with van der Waals surface area (Å²) in [6, 6.07) is 12.7. The van der Waals surface area contributed by atoms with Crippen LogP contribution in [-0.4, -0.2) is 8.42 Å². The third kappa shape index (κ3) is 2.84. The van der Waals surface area contributed by atoms with Crippen LogP contribution < -0.4 is 4.72 Å². The van der Waals surface area contributed by atoms with Crippen molar-refractivity contribution in [3.8, 4) is 0 Å². The fourth-order valence-electron chi connectivity index (χ4n) is 2.38. The summed E-state index contributed by atoms with van der Waals surface area (Å²) in [6.45, 7) is 1.91. The first-order valence-corrected chi connectivity index (χ1v) is 8.26. The van der Waals surface area contributed by atoms with Gasteiger partial charge in [-0.15, -0.1) is 0 Å². The van der Waals surface area contributed by atoms with Gasteiger partial charge in [0.05, 0.1) is 10.4 Å². The SMILES string of the molecule is Cc1ccc(S(=O)(=O)NC2(c3ccc(F)cc3)CC2)cc1. The van der Waals surface area contributed by atoms with Crippen molar-refractivity contribution < 1.29 is 12.8 Å². The number of hydrogen-bond donors (Lipinski definition) is 1. The third-order valence-electron chi connectivity index (χ3n) is 3.81. The summed E-state index contributed by atoms with van der Waals surface area (Å²) in [6.07, 6.45) is 1.45. The number of halogens is 1. The molecular formula is C16H16FNO2S. The average molecular weight is 305 g/mol. The van der Waals surface area contributed by atoms with E-state index in [2.05, 4.69) is 4.72 Å². The monoisotopic (exact) mass is 305 g/mol. The van der Waals surface area contributed by atoms with Crippen molar-refractivity contribution in [1.29, 1.82) is 0 Å². The molecule has 0 aromatic heterocycles. The Balaban J connectivity index is 1.88. The minimum absolute atomic E-state index is 0.251. The Hall–Kier alpha value is -1.72. The second-order valence-electron chi connectivity index (χ2n) is 5.51. The maximum atomic E-state index is 13.0. The number of nitrogens with one attached hydrogen (secondary N) is 1. The Bertz CT molecular complexity index is 748. The summed E-state index contributed by atoms with van der Waals surface area (Å²) >= 11 is 0. The maximum absolute atomic E-state index is 13.0. The highest BCUT2D eigenvalue weighted by atomic mass is 32.2. The molecule has 1 saturated carbocycles. The lowest BCUT2D eigenvalue weighted by molar-refractivity contribution is 0.551. The summed E-state index contributed by atoms with van der Waals surface area (Å²) in [5.74, 6) is -0.323. The minimum Gasteiger partial charge on any atom is -0.207 e. The van der Waals surface area contributed by atoms with Crippen molar-refractivity contribution in [2.75, 3.05) is 0 Å². The zero-order valence-corrected chi connectivity index (χ0v) is 12.5. The number of aryl methyl sites for hydroxylation is 1. The van der Waals surface area contributed by atoms with Gasteiger partial charge in [-0.2, -0.15) is 0 Å². The van der Waals surface area contributed by atoms with E-state index in [0.29, 0.717) is 0 Å². The summed E-state index contributed by atoms with van der Waals surface area (Å²) in [7, 11) is -3.57. The van der Waals surface area contributed by atoms with Crippen molar-refractivity contribution in [1.82, 2.24) is 4.72 Å². The molecule has 1 fully saturated rings. The van der Waals surface area contributed by atoms with Gasteiger partial charge in [-0.25, -0.2) is 17.5 Å². The van der Waals surface area contributed by atoms with Crippen molar-refractivity contribution in [3.63, 3.8) is 0 Å². The Kier molecular flexibility index (Phi) is 3.34. The van der Waals surface area contributed by atoms with Crippen molar-refractivity contribution in [2.45, 2.75) is 30.2 Å². The molecule has 0 atom stereocenters. The zero-order valence-electron chi connectivity index (χ0n) is 11.6. The topological polar surface area (TPSA) is 46.2 Å². The van der Waals surface area contributed by atoms with Crippen LogP contribution >= 0.6 is 0 Å². The molecule has 1 aliphatic carbocycles.